The molecule has 2 rings (SSSR count). The number of amides is 1. The van der Waals surface area contributed by atoms with E-state index in [-0.39, 0.29) is 17.8 Å². The summed E-state index contributed by atoms with van der Waals surface area (Å²) in [6, 6.07) is 7.81. The molecule has 2 atom stereocenters. The number of likely N-dealkylation sites (tertiary alicyclic amines) is 1. The topological polar surface area (TPSA) is 72.6 Å². The van der Waals surface area contributed by atoms with E-state index < -0.39 is 0 Å². The molecule has 1 aromatic carbocycles. The highest BCUT2D eigenvalue weighted by molar-refractivity contribution is 5.89. The number of ether oxygens (including phenoxy) is 1. The Hall–Kier alpha value is -1.88. The molecule has 0 aromatic heterocycles. The first-order chi connectivity index (χ1) is 10.0. The van der Waals surface area contributed by atoms with Crippen LogP contribution in [0.15, 0.2) is 24.3 Å². The van der Waals surface area contributed by atoms with Crippen molar-refractivity contribution < 1.29 is 14.3 Å². The second-order valence-electron chi connectivity index (χ2n) is 5.64. The highest BCUT2D eigenvalue weighted by atomic mass is 16.5. The number of carbonyl (C=O) groups is 2. The molecule has 1 amide bonds. The number of benzene rings is 1. The Morgan fingerprint density at radius 2 is 1.95 bits per heavy atom. The number of esters is 1. The molecule has 1 fully saturated rings. The number of nitrogens with zero attached hydrogens (tertiary/aromatic N) is 1. The number of primary amides is 1. The van der Waals surface area contributed by atoms with Crippen LogP contribution in [0.5, 0.6) is 0 Å². The lowest BCUT2D eigenvalue weighted by Gasteiger charge is -2.36. The zero-order valence-corrected chi connectivity index (χ0v) is 12.5. The molecule has 21 heavy (non-hydrogen) atoms. The van der Waals surface area contributed by atoms with Crippen molar-refractivity contribution in [2.75, 3.05) is 13.7 Å². The van der Waals surface area contributed by atoms with E-state index in [4.69, 9.17) is 5.73 Å². The summed E-state index contributed by atoms with van der Waals surface area (Å²) in [6.45, 7) is 3.63. The molecule has 0 saturated carbocycles. The molecule has 2 N–H and O–H groups in total. The van der Waals surface area contributed by atoms with Crippen molar-refractivity contribution in [1.82, 2.24) is 4.90 Å². The van der Waals surface area contributed by atoms with E-state index >= 15 is 0 Å². The van der Waals surface area contributed by atoms with Crippen molar-refractivity contribution in [3.05, 3.63) is 35.4 Å². The first-order valence-corrected chi connectivity index (χ1v) is 7.22. The normalized spacial score (nSPS) is 22.8. The molecule has 2 unspecified atom stereocenters. The minimum absolute atomic E-state index is 0.0597. The van der Waals surface area contributed by atoms with Crippen molar-refractivity contribution in [3.63, 3.8) is 0 Å². The molecule has 0 bridgehead atoms. The molecule has 0 aliphatic carbocycles. The van der Waals surface area contributed by atoms with Gasteiger partial charge in [0, 0.05) is 19.1 Å². The maximum atomic E-state index is 11.4. The van der Waals surface area contributed by atoms with Crippen LogP contribution in [0, 0.1) is 5.92 Å². The van der Waals surface area contributed by atoms with Crippen LogP contribution in [0.3, 0.4) is 0 Å². The summed E-state index contributed by atoms with van der Waals surface area (Å²) in [7, 11) is 1.37. The Kier molecular flexibility index (Phi) is 4.96. The van der Waals surface area contributed by atoms with Gasteiger partial charge in [0.1, 0.15) is 0 Å². The van der Waals surface area contributed by atoms with Crippen LogP contribution in [0.4, 0.5) is 0 Å². The van der Waals surface area contributed by atoms with E-state index in [9.17, 15) is 9.59 Å². The predicted molar refractivity (Wildman–Crippen MR) is 79.6 cm³/mol. The first-order valence-electron chi connectivity index (χ1n) is 7.22. The van der Waals surface area contributed by atoms with Crippen molar-refractivity contribution in [2.24, 2.45) is 11.7 Å². The van der Waals surface area contributed by atoms with Gasteiger partial charge in [-0.15, -0.1) is 0 Å². The predicted octanol–water partition coefficient (Wildman–Crippen LogP) is 1.56. The zero-order valence-electron chi connectivity index (χ0n) is 12.5. The Morgan fingerprint density at radius 3 is 2.52 bits per heavy atom. The summed E-state index contributed by atoms with van der Waals surface area (Å²) in [6.07, 6.45) is 1.85. The maximum absolute atomic E-state index is 11.4. The minimum atomic E-state index is -0.332. The standard InChI is InChI=1S/C16H22N2O3/c1-11-3-6-14(15(17)19)10-18(11)9-12-4-7-13(8-5-12)16(20)21-2/h4-5,7-8,11,14H,3,6,9-10H2,1-2H3,(H2,17,19). The highest BCUT2D eigenvalue weighted by Gasteiger charge is 2.28. The molecule has 5 heteroatoms. The van der Waals surface area contributed by atoms with Gasteiger partial charge in [0.05, 0.1) is 18.6 Å². The molecule has 1 aromatic rings. The van der Waals surface area contributed by atoms with E-state index in [0.29, 0.717) is 18.2 Å². The van der Waals surface area contributed by atoms with Gasteiger partial charge in [-0.1, -0.05) is 12.1 Å². The molecular formula is C16H22N2O3. The SMILES string of the molecule is COC(=O)c1ccc(CN2CC(C(N)=O)CCC2C)cc1. The number of hydrogen-bond donors (Lipinski definition) is 1. The summed E-state index contributed by atoms with van der Waals surface area (Å²) in [5.74, 6) is -0.606. The van der Waals surface area contributed by atoms with Gasteiger partial charge in [0.25, 0.3) is 0 Å². The average molecular weight is 290 g/mol. The highest BCUT2D eigenvalue weighted by Crippen LogP contribution is 2.23. The third-order valence-electron chi connectivity index (χ3n) is 4.17. The van der Waals surface area contributed by atoms with E-state index in [1.165, 1.54) is 7.11 Å². The molecule has 0 radical (unpaired) electrons. The lowest BCUT2D eigenvalue weighted by atomic mass is 9.92. The molecule has 1 aliphatic rings. The van der Waals surface area contributed by atoms with Gasteiger partial charge in [-0.2, -0.15) is 0 Å². The van der Waals surface area contributed by atoms with Crippen LogP contribution in [0.25, 0.3) is 0 Å². The Morgan fingerprint density at radius 1 is 1.29 bits per heavy atom. The molecule has 1 saturated heterocycles. The van der Waals surface area contributed by atoms with E-state index in [1.807, 2.05) is 12.1 Å². The quantitative estimate of drug-likeness (QED) is 0.854. The number of nitrogens with two attached hydrogens (primary N) is 1. The Labute approximate surface area is 125 Å². The third-order valence-corrected chi connectivity index (χ3v) is 4.17. The zero-order chi connectivity index (χ0) is 15.4. The Bertz CT molecular complexity index is 513. The summed E-state index contributed by atoms with van der Waals surface area (Å²) < 4.78 is 4.68. The fourth-order valence-corrected chi connectivity index (χ4v) is 2.73. The number of piperidine rings is 1. The molecule has 0 spiro atoms. The number of carbonyl (C=O) groups excluding carboxylic acids is 2. The van der Waals surface area contributed by atoms with Gasteiger partial charge in [-0.25, -0.2) is 4.79 Å². The first kappa shape index (κ1) is 15.5. The summed E-state index contributed by atoms with van der Waals surface area (Å²) >= 11 is 0. The van der Waals surface area contributed by atoms with Crippen LogP contribution in [-0.4, -0.2) is 36.5 Å². The number of methoxy groups -OCH3 is 1. The van der Waals surface area contributed by atoms with Crippen molar-refractivity contribution >= 4 is 11.9 Å². The van der Waals surface area contributed by atoms with Gasteiger partial charge >= 0.3 is 5.97 Å². The minimum Gasteiger partial charge on any atom is -0.465 e. The number of rotatable bonds is 4. The molecular weight excluding hydrogens is 268 g/mol. The largest absolute Gasteiger partial charge is 0.465 e. The summed E-state index contributed by atoms with van der Waals surface area (Å²) in [5.41, 5.74) is 7.07. The van der Waals surface area contributed by atoms with Crippen LogP contribution >= 0.6 is 0 Å². The lowest BCUT2D eigenvalue weighted by molar-refractivity contribution is -0.124. The fourth-order valence-electron chi connectivity index (χ4n) is 2.73. The van der Waals surface area contributed by atoms with Crippen LogP contribution in [-0.2, 0) is 16.1 Å². The second kappa shape index (κ2) is 6.72. The smallest absolute Gasteiger partial charge is 0.337 e. The molecule has 5 nitrogen and oxygen atoms in total. The van der Waals surface area contributed by atoms with Gasteiger partial charge in [-0.3, -0.25) is 9.69 Å². The van der Waals surface area contributed by atoms with Crippen LogP contribution < -0.4 is 5.73 Å². The average Bonchev–Trinajstić information content (AvgIpc) is 2.49. The lowest BCUT2D eigenvalue weighted by Crippen LogP contribution is -2.45. The van der Waals surface area contributed by atoms with Gasteiger partial charge in [-0.05, 0) is 37.5 Å². The monoisotopic (exact) mass is 290 g/mol. The molecule has 1 heterocycles. The van der Waals surface area contributed by atoms with Crippen molar-refractivity contribution in [3.8, 4) is 0 Å². The van der Waals surface area contributed by atoms with Crippen LogP contribution in [0.1, 0.15) is 35.7 Å². The number of hydrogen-bond acceptors (Lipinski definition) is 4. The Balaban J connectivity index is 2.02. The second-order valence-corrected chi connectivity index (χ2v) is 5.64. The van der Waals surface area contributed by atoms with Gasteiger partial charge in [0.15, 0.2) is 0 Å². The summed E-state index contributed by atoms with van der Waals surface area (Å²) in [4.78, 5) is 25.0. The maximum Gasteiger partial charge on any atom is 0.337 e. The third kappa shape index (κ3) is 3.82. The van der Waals surface area contributed by atoms with Crippen molar-refractivity contribution in [2.45, 2.75) is 32.4 Å². The van der Waals surface area contributed by atoms with Crippen molar-refractivity contribution in [1.29, 1.82) is 0 Å². The molecule has 1 aliphatic heterocycles. The van der Waals surface area contributed by atoms with E-state index in [1.54, 1.807) is 12.1 Å². The summed E-state index contributed by atoms with van der Waals surface area (Å²) in [5, 5.41) is 0. The molecule has 114 valence electrons. The fraction of sp³-hybridized carbons (Fsp3) is 0.500. The van der Waals surface area contributed by atoms with Crippen LogP contribution in [0.2, 0.25) is 0 Å². The van der Waals surface area contributed by atoms with Gasteiger partial charge in [0.2, 0.25) is 5.91 Å². The van der Waals surface area contributed by atoms with E-state index in [0.717, 1.165) is 24.9 Å². The van der Waals surface area contributed by atoms with E-state index in [2.05, 4.69) is 16.6 Å². The van der Waals surface area contributed by atoms with Gasteiger partial charge < -0.3 is 10.5 Å².